The highest BCUT2D eigenvalue weighted by atomic mass is 32.2. The number of hydrogen-bond donors (Lipinski definition) is 1. The predicted octanol–water partition coefficient (Wildman–Crippen LogP) is 3.83. The van der Waals surface area contributed by atoms with Gasteiger partial charge in [0.15, 0.2) is 11.7 Å². The Morgan fingerprint density at radius 1 is 1.12 bits per heavy atom. The SMILES string of the molecule is Cc1ccc(S(=O)(=O)N2CCC(NC(=O)CCc3ncc(-c4c(F)cccc4F)o3)CC2)cc1. The number of aryl methyl sites for hydroxylation is 2. The average Bonchev–Trinajstić information content (AvgIpc) is 3.27. The molecule has 1 N–H and O–H groups in total. The maximum absolute atomic E-state index is 13.9. The molecule has 1 amide bonds. The molecule has 0 spiro atoms. The minimum Gasteiger partial charge on any atom is -0.441 e. The second kappa shape index (κ2) is 10.0. The summed E-state index contributed by atoms with van der Waals surface area (Å²) < 4.78 is 60.3. The Kier molecular flexibility index (Phi) is 7.08. The maximum atomic E-state index is 13.9. The highest BCUT2D eigenvalue weighted by Gasteiger charge is 2.30. The molecule has 0 atom stereocenters. The summed E-state index contributed by atoms with van der Waals surface area (Å²) in [4.78, 5) is 16.6. The molecule has 3 aromatic rings. The van der Waals surface area contributed by atoms with Gasteiger partial charge in [0.1, 0.15) is 11.6 Å². The van der Waals surface area contributed by atoms with Gasteiger partial charge in [-0.2, -0.15) is 4.31 Å². The molecule has 10 heteroatoms. The second-order valence-electron chi connectivity index (χ2n) is 8.27. The monoisotopic (exact) mass is 489 g/mol. The molecule has 0 radical (unpaired) electrons. The van der Waals surface area contributed by atoms with Crippen molar-refractivity contribution < 1.29 is 26.4 Å². The van der Waals surface area contributed by atoms with Gasteiger partial charge in [0.2, 0.25) is 15.9 Å². The van der Waals surface area contributed by atoms with Gasteiger partial charge in [-0.05, 0) is 44.0 Å². The number of nitrogens with one attached hydrogen (secondary N) is 1. The third kappa shape index (κ3) is 5.34. The van der Waals surface area contributed by atoms with Gasteiger partial charge in [-0.1, -0.05) is 23.8 Å². The van der Waals surface area contributed by atoms with Crippen LogP contribution in [0.4, 0.5) is 8.78 Å². The topological polar surface area (TPSA) is 92.5 Å². The molecule has 0 aliphatic carbocycles. The Morgan fingerprint density at radius 2 is 1.76 bits per heavy atom. The van der Waals surface area contributed by atoms with Crippen molar-refractivity contribution in [2.75, 3.05) is 13.1 Å². The fourth-order valence-electron chi connectivity index (χ4n) is 3.89. The maximum Gasteiger partial charge on any atom is 0.243 e. The van der Waals surface area contributed by atoms with Crippen molar-refractivity contribution in [3.63, 3.8) is 0 Å². The van der Waals surface area contributed by atoms with Gasteiger partial charge in [0.25, 0.3) is 0 Å². The van der Waals surface area contributed by atoms with E-state index < -0.39 is 21.7 Å². The van der Waals surface area contributed by atoms with Crippen LogP contribution in [0.1, 0.15) is 30.7 Å². The van der Waals surface area contributed by atoms with E-state index >= 15 is 0 Å². The minimum atomic E-state index is -3.56. The van der Waals surface area contributed by atoms with Gasteiger partial charge in [0.05, 0.1) is 16.7 Å². The number of hydrogen-bond acceptors (Lipinski definition) is 5. The number of amides is 1. The molecule has 7 nitrogen and oxygen atoms in total. The van der Waals surface area contributed by atoms with Gasteiger partial charge < -0.3 is 9.73 Å². The van der Waals surface area contributed by atoms with Crippen LogP contribution in [0.5, 0.6) is 0 Å². The lowest BCUT2D eigenvalue weighted by atomic mass is 10.1. The third-order valence-corrected chi connectivity index (χ3v) is 7.72. The zero-order valence-corrected chi connectivity index (χ0v) is 19.4. The molecule has 1 aliphatic heterocycles. The summed E-state index contributed by atoms with van der Waals surface area (Å²) >= 11 is 0. The summed E-state index contributed by atoms with van der Waals surface area (Å²) in [6, 6.07) is 10.1. The van der Waals surface area contributed by atoms with Gasteiger partial charge >= 0.3 is 0 Å². The zero-order valence-electron chi connectivity index (χ0n) is 18.6. The number of halogens is 2. The van der Waals surface area contributed by atoms with Crippen LogP contribution in [-0.2, 0) is 21.2 Å². The number of piperidine rings is 1. The van der Waals surface area contributed by atoms with E-state index in [1.807, 2.05) is 6.92 Å². The van der Waals surface area contributed by atoms with Crippen LogP contribution in [0.3, 0.4) is 0 Å². The normalized spacial score (nSPS) is 15.4. The number of aromatic nitrogens is 1. The van der Waals surface area contributed by atoms with Crippen molar-refractivity contribution in [2.24, 2.45) is 0 Å². The predicted molar refractivity (Wildman–Crippen MR) is 121 cm³/mol. The molecule has 2 heterocycles. The summed E-state index contributed by atoms with van der Waals surface area (Å²) in [6.07, 6.45) is 2.50. The largest absolute Gasteiger partial charge is 0.441 e. The van der Waals surface area contributed by atoms with Crippen LogP contribution in [0.2, 0.25) is 0 Å². The van der Waals surface area contributed by atoms with E-state index in [0.29, 0.717) is 25.9 Å². The number of benzene rings is 2. The number of carbonyl (C=O) groups excluding carboxylic acids is 1. The van der Waals surface area contributed by atoms with Crippen molar-refractivity contribution in [1.82, 2.24) is 14.6 Å². The van der Waals surface area contributed by atoms with E-state index in [9.17, 15) is 22.0 Å². The van der Waals surface area contributed by atoms with Crippen LogP contribution in [0.15, 0.2) is 58.0 Å². The molecular formula is C24H25F2N3O4S. The molecule has 0 bridgehead atoms. The van der Waals surface area contributed by atoms with E-state index in [4.69, 9.17) is 4.42 Å². The molecule has 34 heavy (non-hydrogen) atoms. The van der Waals surface area contributed by atoms with Gasteiger partial charge in [0, 0.05) is 32.0 Å². The average molecular weight is 490 g/mol. The lowest BCUT2D eigenvalue weighted by Crippen LogP contribution is -2.46. The Morgan fingerprint density at radius 3 is 2.41 bits per heavy atom. The van der Waals surface area contributed by atoms with Crippen molar-refractivity contribution >= 4 is 15.9 Å². The molecule has 1 fully saturated rings. The standard InChI is InChI=1S/C24H25F2N3O4S/c1-16-5-7-18(8-6-16)34(31,32)29-13-11-17(12-14-29)28-22(30)9-10-23-27-15-21(33-23)24-19(25)3-2-4-20(24)26/h2-8,15,17H,9-14H2,1H3,(H,28,30). The first-order chi connectivity index (χ1) is 16.2. The molecule has 1 aromatic heterocycles. The smallest absolute Gasteiger partial charge is 0.243 e. The van der Waals surface area contributed by atoms with E-state index in [1.54, 1.807) is 24.3 Å². The summed E-state index contributed by atoms with van der Waals surface area (Å²) in [5.41, 5.74) is 0.693. The number of oxazole rings is 1. The lowest BCUT2D eigenvalue weighted by molar-refractivity contribution is -0.122. The van der Waals surface area contributed by atoms with Crippen molar-refractivity contribution in [3.05, 3.63) is 71.8 Å². The minimum absolute atomic E-state index is 0.0341. The summed E-state index contributed by atoms with van der Waals surface area (Å²) in [7, 11) is -3.56. The molecule has 180 valence electrons. The molecule has 0 saturated carbocycles. The first-order valence-corrected chi connectivity index (χ1v) is 12.4. The number of carbonyl (C=O) groups is 1. The molecule has 2 aromatic carbocycles. The Balaban J connectivity index is 1.27. The third-order valence-electron chi connectivity index (χ3n) is 5.81. The first-order valence-electron chi connectivity index (χ1n) is 11.0. The summed E-state index contributed by atoms with van der Waals surface area (Å²) in [5.74, 6) is -1.57. The number of rotatable bonds is 7. The number of sulfonamides is 1. The quantitative estimate of drug-likeness (QED) is 0.545. The zero-order chi connectivity index (χ0) is 24.3. The first kappa shape index (κ1) is 24.0. The fraction of sp³-hybridized carbons (Fsp3) is 0.333. The molecule has 1 saturated heterocycles. The van der Waals surface area contributed by atoms with E-state index in [2.05, 4.69) is 10.3 Å². The highest BCUT2D eigenvalue weighted by molar-refractivity contribution is 7.89. The van der Waals surface area contributed by atoms with E-state index in [-0.39, 0.29) is 46.9 Å². The Hall–Kier alpha value is -3.11. The van der Waals surface area contributed by atoms with Crippen LogP contribution in [0.25, 0.3) is 11.3 Å². The van der Waals surface area contributed by atoms with Gasteiger partial charge in [-0.15, -0.1) is 0 Å². The molecule has 1 aliphatic rings. The van der Waals surface area contributed by atoms with Crippen LogP contribution in [-0.4, -0.2) is 42.7 Å². The lowest BCUT2D eigenvalue weighted by Gasteiger charge is -2.31. The van der Waals surface area contributed by atoms with E-state index in [0.717, 1.165) is 17.7 Å². The summed E-state index contributed by atoms with van der Waals surface area (Å²) in [5, 5.41) is 2.92. The fourth-order valence-corrected chi connectivity index (χ4v) is 5.36. The van der Waals surface area contributed by atoms with Crippen LogP contribution in [0, 0.1) is 18.6 Å². The Labute approximate surface area is 196 Å². The van der Waals surface area contributed by atoms with Gasteiger partial charge in [-0.25, -0.2) is 22.2 Å². The summed E-state index contributed by atoms with van der Waals surface area (Å²) in [6.45, 7) is 2.53. The number of nitrogens with zero attached hydrogens (tertiary/aromatic N) is 2. The molecule has 0 unspecified atom stereocenters. The van der Waals surface area contributed by atoms with Gasteiger partial charge in [-0.3, -0.25) is 4.79 Å². The molecule has 4 rings (SSSR count). The molecular weight excluding hydrogens is 464 g/mol. The Bertz CT molecular complexity index is 1250. The van der Waals surface area contributed by atoms with Crippen LogP contribution < -0.4 is 5.32 Å². The second-order valence-corrected chi connectivity index (χ2v) is 10.2. The van der Waals surface area contributed by atoms with Crippen LogP contribution >= 0.6 is 0 Å². The van der Waals surface area contributed by atoms with Crippen molar-refractivity contribution in [3.8, 4) is 11.3 Å². The van der Waals surface area contributed by atoms with E-state index in [1.165, 1.54) is 16.6 Å². The van der Waals surface area contributed by atoms with Crippen molar-refractivity contribution in [2.45, 2.75) is 43.5 Å². The highest BCUT2D eigenvalue weighted by Crippen LogP contribution is 2.27. The van der Waals surface area contributed by atoms with Crippen molar-refractivity contribution in [1.29, 1.82) is 0 Å².